The highest BCUT2D eigenvalue weighted by atomic mass is 16.5. The van der Waals surface area contributed by atoms with Crippen molar-refractivity contribution < 1.29 is 19.4 Å². The molecule has 1 amide bonds. The molecule has 1 aromatic carbocycles. The molecular weight excluding hydrogens is 338 g/mol. The summed E-state index contributed by atoms with van der Waals surface area (Å²) in [5.74, 6) is -1.68. The molecule has 0 aliphatic carbocycles. The van der Waals surface area contributed by atoms with Crippen LogP contribution in [-0.4, -0.2) is 45.8 Å². The van der Waals surface area contributed by atoms with E-state index in [9.17, 15) is 14.4 Å². The molecule has 0 radical (unpaired) electrons. The maximum atomic E-state index is 12.5. The smallest absolute Gasteiger partial charge is 0.328 e. The third kappa shape index (κ3) is 4.76. The normalized spacial score (nSPS) is 11.9. The summed E-state index contributed by atoms with van der Waals surface area (Å²) in [5.41, 5.74) is 1.28. The number of carboxylic acid groups (broad SMARTS) is 1. The standard InChI is InChI=1S/C18H21N3O5/c1-3-9-26-10-14(18(24)25)20-15(22)7-8-21-11-19-16-12(2)5-4-6-13(16)17(21)23/h3-6,11,14H,1,7-10H2,2H3,(H,20,22)(H,24,25). The maximum Gasteiger partial charge on any atom is 0.328 e. The summed E-state index contributed by atoms with van der Waals surface area (Å²) in [7, 11) is 0. The Balaban J connectivity index is 2.01. The summed E-state index contributed by atoms with van der Waals surface area (Å²) in [6.07, 6.45) is 2.83. The van der Waals surface area contributed by atoms with Crippen LogP contribution in [0, 0.1) is 6.92 Å². The topological polar surface area (TPSA) is 111 Å². The average molecular weight is 359 g/mol. The summed E-state index contributed by atoms with van der Waals surface area (Å²) >= 11 is 0. The number of fused-ring (bicyclic) bond motifs is 1. The average Bonchev–Trinajstić information content (AvgIpc) is 2.61. The van der Waals surface area contributed by atoms with Gasteiger partial charge >= 0.3 is 5.97 Å². The number of aryl methyl sites for hydroxylation is 2. The fourth-order valence-corrected chi connectivity index (χ4v) is 2.43. The second-order valence-corrected chi connectivity index (χ2v) is 5.75. The number of aliphatic carboxylic acids is 1. The molecule has 138 valence electrons. The lowest BCUT2D eigenvalue weighted by atomic mass is 10.1. The Hall–Kier alpha value is -3.00. The third-order valence-electron chi connectivity index (χ3n) is 3.79. The first kappa shape index (κ1) is 19.3. The summed E-state index contributed by atoms with van der Waals surface area (Å²) in [4.78, 5) is 39.9. The van der Waals surface area contributed by atoms with Gasteiger partial charge in [0, 0.05) is 13.0 Å². The van der Waals surface area contributed by atoms with E-state index in [2.05, 4.69) is 16.9 Å². The van der Waals surface area contributed by atoms with E-state index in [4.69, 9.17) is 9.84 Å². The molecule has 0 saturated carbocycles. The SMILES string of the molecule is C=CCOCC(NC(=O)CCn1cnc2c(C)cccc2c1=O)C(=O)O. The zero-order valence-corrected chi connectivity index (χ0v) is 14.5. The largest absolute Gasteiger partial charge is 0.480 e. The number of benzene rings is 1. The van der Waals surface area contributed by atoms with Crippen LogP contribution < -0.4 is 10.9 Å². The molecule has 0 spiro atoms. The molecule has 2 N–H and O–H groups in total. The molecule has 0 fully saturated rings. The predicted octanol–water partition coefficient (Wildman–Crippen LogP) is 0.867. The monoisotopic (exact) mass is 359 g/mol. The molecule has 1 aromatic heterocycles. The van der Waals surface area contributed by atoms with Crippen molar-refractivity contribution in [2.24, 2.45) is 0 Å². The second kappa shape index (κ2) is 8.91. The van der Waals surface area contributed by atoms with Gasteiger partial charge in [-0.05, 0) is 18.6 Å². The quantitative estimate of drug-likeness (QED) is 0.508. The third-order valence-corrected chi connectivity index (χ3v) is 3.79. The number of carboxylic acids is 1. The number of hydrogen-bond acceptors (Lipinski definition) is 5. The van der Waals surface area contributed by atoms with Crippen LogP contribution in [-0.2, 0) is 20.9 Å². The number of amides is 1. The van der Waals surface area contributed by atoms with Crippen molar-refractivity contribution in [1.82, 2.24) is 14.9 Å². The molecule has 0 aliphatic rings. The number of para-hydroxylation sites is 1. The van der Waals surface area contributed by atoms with Crippen molar-refractivity contribution in [3.8, 4) is 0 Å². The number of carbonyl (C=O) groups is 2. The number of aromatic nitrogens is 2. The molecule has 8 heteroatoms. The van der Waals surface area contributed by atoms with Crippen molar-refractivity contribution in [2.75, 3.05) is 13.2 Å². The zero-order chi connectivity index (χ0) is 19.1. The Morgan fingerprint density at radius 2 is 2.23 bits per heavy atom. The molecule has 1 atom stereocenters. The van der Waals surface area contributed by atoms with E-state index in [0.29, 0.717) is 10.9 Å². The van der Waals surface area contributed by atoms with E-state index < -0.39 is 17.9 Å². The van der Waals surface area contributed by atoms with Crippen LogP contribution >= 0.6 is 0 Å². The summed E-state index contributed by atoms with van der Waals surface area (Å²) in [6, 6.07) is 4.17. The van der Waals surface area contributed by atoms with Gasteiger partial charge in [-0.25, -0.2) is 9.78 Å². The highest BCUT2D eigenvalue weighted by molar-refractivity contribution is 5.83. The van der Waals surface area contributed by atoms with Gasteiger partial charge < -0.3 is 15.2 Å². The molecule has 8 nitrogen and oxygen atoms in total. The molecule has 1 unspecified atom stereocenters. The number of rotatable bonds is 9. The van der Waals surface area contributed by atoms with Crippen molar-refractivity contribution in [3.05, 3.63) is 53.1 Å². The van der Waals surface area contributed by atoms with Crippen molar-refractivity contribution in [3.63, 3.8) is 0 Å². The minimum absolute atomic E-state index is 0.0514. The molecule has 1 heterocycles. The lowest BCUT2D eigenvalue weighted by Gasteiger charge is -2.14. The number of nitrogens with zero attached hydrogens (tertiary/aromatic N) is 2. The van der Waals surface area contributed by atoms with Gasteiger partial charge in [0.15, 0.2) is 6.04 Å². The number of ether oxygens (including phenoxy) is 1. The van der Waals surface area contributed by atoms with Crippen LogP contribution in [0.3, 0.4) is 0 Å². The van der Waals surface area contributed by atoms with Gasteiger partial charge in [-0.2, -0.15) is 0 Å². The molecule has 0 bridgehead atoms. The molecule has 0 saturated heterocycles. The van der Waals surface area contributed by atoms with E-state index in [1.165, 1.54) is 17.0 Å². The van der Waals surface area contributed by atoms with Gasteiger partial charge in [-0.3, -0.25) is 14.2 Å². The van der Waals surface area contributed by atoms with Crippen LogP contribution in [0.15, 0.2) is 42.0 Å². The molecular formula is C18H21N3O5. The van der Waals surface area contributed by atoms with E-state index in [1.54, 1.807) is 12.1 Å². The first-order valence-corrected chi connectivity index (χ1v) is 8.09. The van der Waals surface area contributed by atoms with Crippen LogP contribution in [0.1, 0.15) is 12.0 Å². The summed E-state index contributed by atoms with van der Waals surface area (Å²) in [6.45, 7) is 5.46. The Bertz CT molecular complexity index is 875. The van der Waals surface area contributed by atoms with Gasteiger partial charge in [0.05, 0.1) is 30.4 Å². The highest BCUT2D eigenvalue weighted by Gasteiger charge is 2.20. The van der Waals surface area contributed by atoms with Gasteiger partial charge in [-0.1, -0.05) is 18.2 Å². The van der Waals surface area contributed by atoms with E-state index in [-0.39, 0.29) is 31.7 Å². The first-order valence-electron chi connectivity index (χ1n) is 8.09. The number of hydrogen-bond donors (Lipinski definition) is 2. The van der Waals surface area contributed by atoms with E-state index in [0.717, 1.165) is 5.56 Å². The van der Waals surface area contributed by atoms with Crippen molar-refractivity contribution in [2.45, 2.75) is 25.9 Å². The minimum atomic E-state index is -1.19. The Morgan fingerprint density at radius 1 is 1.46 bits per heavy atom. The molecule has 2 rings (SSSR count). The summed E-state index contributed by atoms with van der Waals surface area (Å²) in [5, 5.41) is 12.0. The predicted molar refractivity (Wildman–Crippen MR) is 95.9 cm³/mol. The minimum Gasteiger partial charge on any atom is -0.480 e. The van der Waals surface area contributed by atoms with Crippen LogP contribution in [0.25, 0.3) is 10.9 Å². The Labute approximate surface area is 150 Å². The second-order valence-electron chi connectivity index (χ2n) is 5.75. The molecule has 26 heavy (non-hydrogen) atoms. The lowest BCUT2D eigenvalue weighted by molar-refractivity contribution is -0.143. The van der Waals surface area contributed by atoms with Crippen LogP contribution in [0.4, 0.5) is 0 Å². The highest BCUT2D eigenvalue weighted by Crippen LogP contribution is 2.11. The van der Waals surface area contributed by atoms with Gasteiger partial charge in [0.25, 0.3) is 5.56 Å². The maximum absolute atomic E-state index is 12.5. The lowest BCUT2D eigenvalue weighted by Crippen LogP contribution is -2.44. The summed E-state index contributed by atoms with van der Waals surface area (Å²) < 4.78 is 6.41. The zero-order valence-electron chi connectivity index (χ0n) is 14.5. The fourth-order valence-electron chi connectivity index (χ4n) is 2.43. The Kier molecular flexibility index (Phi) is 6.62. The fraction of sp³-hybridized carbons (Fsp3) is 0.333. The van der Waals surface area contributed by atoms with Crippen molar-refractivity contribution in [1.29, 1.82) is 0 Å². The van der Waals surface area contributed by atoms with E-state index >= 15 is 0 Å². The van der Waals surface area contributed by atoms with Gasteiger partial charge in [0.2, 0.25) is 5.91 Å². The van der Waals surface area contributed by atoms with Gasteiger partial charge in [-0.15, -0.1) is 6.58 Å². The van der Waals surface area contributed by atoms with Gasteiger partial charge in [0.1, 0.15) is 0 Å². The molecule has 0 aliphatic heterocycles. The van der Waals surface area contributed by atoms with E-state index in [1.807, 2.05) is 13.0 Å². The Morgan fingerprint density at radius 3 is 2.92 bits per heavy atom. The van der Waals surface area contributed by atoms with Crippen LogP contribution in [0.2, 0.25) is 0 Å². The van der Waals surface area contributed by atoms with Crippen LogP contribution in [0.5, 0.6) is 0 Å². The number of carbonyl (C=O) groups excluding carboxylic acids is 1. The molecule has 2 aromatic rings. The van der Waals surface area contributed by atoms with Crippen molar-refractivity contribution >= 4 is 22.8 Å². The first-order chi connectivity index (χ1) is 12.4. The number of nitrogens with one attached hydrogen (secondary N) is 1.